The van der Waals surface area contributed by atoms with Crippen LogP contribution in [-0.4, -0.2) is 29.5 Å². The van der Waals surface area contributed by atoms with Crippen LogP contribution < -0.4 is 0 Å². The van der Waals surface area contributed by atoms with Gasteiger partial charge in [0.05, 0.1) is 6.10 Å². The zero-order valence-electron chi connectivity index (χ0n) is 15.5. The van der Waals surface area contributed by atoms with Gasteiger partial charge in [0.1, 0.15) is 12.3 Å². The van der Waals surface area contributed by atoms with Gasteiger partial charge in [-0.25, -0.2) is 4.39 Å². The Kier molecular flexibility index (Phi) is 3.91. The lowest BCUT2D eigenvalue weighted by molar-refractivity contribution is -0.154. The van der Waals surface area contributed by atoms with Crippen LogP contribution in [0.15, 0.2) is 22.8 Å². The first-order valence-electron chi connectivity index (χ1n) is 9.68. The molecule has 0 heterocycles. The molecule has 0 radical (unpaired) electrons. The molecule has 138 valence electrons. The molecule has 3 nitrogen and oxygen atoms in total. The van der Waals surface area contributed by atoms with Gasteiger partial charge in [0.25, 0.3) is 0 Å². The van der Waals surface area contributed by atoms with Crippen LogP contribution in [0.2, 0.25) is 0 Å². The Balaban J connectivity index is 1.74. The number of esters is 1. The Labute approximate surface area is 149 Å². The second kappa shape index (κ2) is 5.67. The number of allylic oxidation sites excluding steroid dienone is 2. The summed E-state index contributed by atoms with van der Waals surface area (Å²) in [6.07, 6.45) is 6.11. The van der Waals surface area contributed by atoms with Gasteiger partial charge in [-0.05, 0) is 49.9 Å². The summed E-state index contributed by atoms with van der Waals surface area (Å²) in [7, 11) is 0. The second-order valence-corrected chi connectivity index (χ2v) is 8.98. The number of alkyl halides is 1. The summed E-state index contributed by atoms with van der Waals surface area (Å²) in [4.78, 5) is 11.5. The standard InChI is InChI=1S/C21H29FO3/c1-12(23)25-19-18(22)11-17-15-5-4-13-10-14(24)6-8-20(13,2)16(15)7-9-21(17,19)3/h10,14,16,18-19,24H,4-9,11H2,1-3H3/t14?,16-,18?,19?,20+,21+/m1/s1. The third kappa shape index (κ3) is 2.43. The molecule has 0 spiro atoms. The van der Waals surface area contributed by atoms with Gasteiger partial charge in [0.2, 0.25) is 0 Å². The van der Waals surface area contributed by atoms with Crippen molar-refractivity contribution in [3.8, 4) is 0 Å². The fraction of sp³-hybridized carbons (Fsp3) is 0.762. The van der Waals surface area contributed by atoms with E-state index in [9.17, 15) is 14.3 Å². The van der Waals surface area contributed by atoms with Gasteiger partial charge in [-0.15, -0.1) is 0 Å². The summed E-state index contributed by atoms with van der Waals surface area (Å²) in [6.45, 7) is 5.80. The first-order valence-corrected chi connectivity index (χ1v) is 9.68. The molecule has 3 unspecified atom stereocenters. The van der Waals surface area contributed by atoms with Crippen LogP contribution in [0.25, 0.3) is 0 Å². The van der Waals surface area contributed by atoms with E-state index >= 15 is 0 Å². The summed E-state index contributed by atoms with van der Waals surface area (Å²) in [5.74, 6) is 0.0655. The van der Waals surface area contributed by atoms with E-state index in [-0.39, 0.29) is 22.9 Å². The van der Waals surface area contributed by atoms with E-state index in [1.165, 1.54) is 23.6 Å². The van der Waals surface area contributed by atoms with E-state index in [4.69, 9.17) is 4.74 Å². The molecule has 0 bridgehead atoms. The molecule has 0 saturated heterocycles. The monoisotopic (exact) mass is 348 g/mol. The van der Waals surface area contributed by atoms with Gasteiger partial charge in [-0.2, -0.15) is 0 Å². The first-order chi connectivity index (χ1) is 11.8. The first kappa shape index (κ1) is 17.3. The number of halogens is 1. The summed E-state index contributed by atoms with van der Waals surface area (Å²) >= 11 is 0. The Morgan fingerprint density at radius 1 is 1.24 bits per heavy atom. The highest BCUT2D eigenvalue weighted by Crippen LogP contribution is 2.63. The van der Waals surface area contributed by atoms with Crippen molar-refractivity contribution >= 4 is 5.97 Å². The SMILES string of the molecule is CC(=O)OC1C(F)CC2=C3CCC4=CC(O)CC[C@]4(C)[C@@H]3CC[C@@]21C. The van der Waals surface area contributed by atoms with Crippen molar-refractivity contribution in [2.75, 3.05) is 0 Å². The van der Waals surface area contributed by atoms with Crippen molar-refractivity contribution < 1.29 is 19.0 Å². The maximum atomic E-state index is 14.8. The zero-order valence-corrected chi connectivity index (χ0v) is 15.5. The van der Waals surface area contributed by atoms with Crippen LogP contribution in [0.5, 0.6) is 0 Å². The lowest BCUT2D eigenvalue weighted by Gasteiger charge is -2.53. The third-order valence-electron chi connectivity index (χ3n) is 7.62. The minimum Gasteiger partial charge on any atom is -0.459 e. The van der Waals surface area contributed by atoms with Crippen LogP contribution in [0, 0.1) is 16.7 Å². The molecule has 4 aliphatic carbocycles. The van der Waals surface area contributed by atoms with Crippen LogP contribution in [0.1, 0.15) is 65.7 Å². The highest BCUT2D eigenvalue weighted by atomic mass is 19.1. The Bertz CT molecular complexity index is 666. The van der Waals surface area contributed by atoms with Gasteiger partial charge in [-0.3, -0.25) is 4.79 Å². The number of hydrogen-bond acceptors (Lipinski definition) is 3. The fourth-order valence-corrected chi connectivity index (χ4v) is 6.29. The van der Waals surface area contributed by atoms with Crippen LogP contribution in [0.3, 0.4) is 0 Å². The molecule has 6 atom stereocenters. The normalized spacial score (nSPS) is 46.0. The Hall–Kier alpha value is -1.16. The second-order valence-electron chi connectivity index (χ2n) is 8.98. The van der Waals surface area contributed by atoms with Crippen molar-refractivity contribution in [2.24, 2.45) is 16.7 Å². The zero-order chi connectivity index (χ0) is 18.0. The molecule has 2 saturated carbocycles. The van der Waals surface area contributed by atoms with Crippen LogP contribution in [-0.2, 0) is 9.53 Å². The van der Waals surface area contributed by atoms with Gasteiger partial charge in [0.15, 0.2) is 0 Å². The molecule has 0 aromatic heterocycles. The van der Waals surface area contributed by atoms with Crippen molar-refractivity contribution in [3.63, 3.8) is 0 Å². The maximum absolute atomic E-state index is 14.8. The molecule has 4 aliphatic rings. The van der Waals surface area contributed by atoms with Crippen molar-refractivity contribution in [1.82, 2.24) is 0 Å². The Morgan fingerprint density at radius 3 is 2.68 bits per heavy atom. The fourth-order valence-electron chi connectivity index (χ4n) is 6.29. The van der Waals surface area contributed by atoms with E-state index < -0.39 is 12.3 Å². The number of aliphatic hydroxyl groups excluding tert-OH is 1. The molecular formula is C21H29FO3. The summed E-state index contributed by atoms with van der Waals surface area (Å²) in [5, 5.41) is 10.0. The lowest BCUT2D eigenvalue weighted by Crippen LogP contribution is -2.45. The maximum Gasteiger partial charge on any atom is 0.303 e. The van der Waals surface area contributed by atoms with E-state index in [1.54, 1.807) is 0 Å². The molecular weight excluding hydrogens is 319 g/mol. The van der Waals surface area contributed by atoms with E-state index in [1.807, 2.05) is 0 Å². The largest absolute Gasteiger partial charge is 0.459 e. The van der Waals surface area contributed by atoms with Crippen LogP contribution >= 0.6 is 0 Å². The van der Waals surface area contributed by atoms with Gasteiger partial charge in [-0.1, -0.05) is 36.6 Å². The summed E-state index contributed by atoms with van der Waals surface area (Å²) in [5.41, 5.74) is 3.82. The molecule has 4 rings (SSSR count). The molecule has 0 aromatic rings. The van der Waals surface area contributed by atoms with E-state index in [2.05, 4.69) is 19.9 Å². The minimum absolute atomic E-state index is 0.104. The molecule has 0 amide bonds. The van der Waals surface area contributed by atoms with Gasteiger partial charge >= 0.3 is 5.97 Å². The number of aliphatic hydroxyl groups is 1. The van der Waals surface area contributed by atoms with Crippen molar-refractivity contribution in [1.29, 1.82) is 0 Å². The van der Waals surface area contributed by atoms with Crippen LogP contribution in [0.4, 0.5) is 4.39 Å². The Morgan fingerprint density at radius 2 is 1.96 bits per heavy atom. The minimum atomic E-state index is -1.09. The predicted octanol–water partition coefficient (Wildman–Crippen LogP) is 4.25. The number of fused-ring (bicyclic) bond motifs is 4. The predicted molar refractivity (Wildman–Crippen MR) is 93.6 cm³/mol. The molecule has 25 heavy (non-hydrogen) atoms. The lowest BCUT2D eigenvalue weighted by atomic mass is 9.52. The third-order valence-corrected chi connectivity index (χ3v) is 7.62. The van der Waals surface area contributed by atoms with E-state index in [0.29, 0.717) is 12.3 Å². The summed E-state index contributed by atoms with van der Waals surface area (Å²) in [6, 6.07) is 0. The number of carbonyl (C=O) groups excluding carboxylic acids is 1. The van der Waals surface area contributed by atoms with Gasteiger partial charge in [0, 0.05) is 18.8 Å². The van der Waals surface area contributed by atoms with E-state index in [0.717, 1.165) is 38.5 Å². The number of ether oxygens (including phenoxy) is 1. The molecule has 1 N–H and O–H groups in total. The average molecular weight is 348 g/mol. The molecule has 2 fully saturated rings. The average Bonchev–Trinajstić information content (AvgIpc) is 2.79. The molecule has 4 heteroatoms. The van der Waals surface area contributed by atoms with Crippen molar-refractivity contribution in [3.05, 3.63) is 22.8 Å². The quantitative estimate of drug-likeness (QED) is 0.569. The topological polar surface area (TPSA) is 46.5 Å². The number of rotatable bonds is 1. The number of hydrogen-bond donors (Lipinski definition) is 1. The highest BCUT2D eigenvalue weighted by molar-refractivity contribution is 5.66. The smallest absolute Gasteiger partial charge is 0.303 e. The van der Waals surface area contributed by atoms with Gasteiger partial charge < -0.3 is 9.84 Å². The summed E-state index contributed by atoms with van der Waals surface area (Å²) < 4.78 is 20.2. The number of carbonyl (C=O) groups is 1. The molecule has 0 aliphatic heterocycles. The molecule has 0 aromatic carbocycles. The van der Waals surface area contributed by atoms with Crippen molar-refractivity contribution in [2.45, 2.75) is 84.1 Å². The highest BCUT2D eigenvalue weighted by Gasteiger charge is 2.57.